The van der Waals surface area contributed by atoms with Crippen molar-refractivity contribution in [2.75, 3.05) is 18.4 Å². The minimum absolute atomic E-state index is 0.0583. The Morgan fingerprint density at radius 2 is 1.86 bits per heavy atom. The summed E-state index contributed by atoms with van der Waals surface area (Å²) in [6, 6.07) is 8.76. The van der Waals surface area contributed by atoms with Gasteiger partial charge in [0.15, 0.2) is 0 Å². The minimum atomic E-state index is -4.49. The summed E-state index contributed by atoms with van der Waals surface area (Å²) < 4.78 is 39.2. The second-order valence-electron chi connectivity index (χ2n) is 7.18. The van der Waals surface area contributed by atoms with Crippen LogP contribution in [0.2, 0.25) is 0 Å². The number of pyridine rings is 1. The second kappa shape index (κ2) is 7.02. The predicted octanol–water partition coefficient (Wildman–Crippen LogP) is 3.63. The molecular formula is C21H18F3N3O2. The Labute approximate surface area is 165 Å². The highest BCUT2D eigenvalue weighted by atomic mass is 19.4. The summed E-state index contributed by atoms with van der Waals surface area (Å²) in [7, 11) is 0. The van der Waals surface area contributed by atoms with E-state index in [-0.39, 0.29) is 17.4 Å². The molecule has 29 heavy (non-hydrogen) atoms. The number of carbonyl (C=O) groups is 2. The Hall–Kier alpha value is -3.16. The molecule has 1 N–H and O–H groups in total. The van der Waals surface area contributed by atoms with E-state index in [0.717, 1.165) is 17.7 Å². The molecule has 1 aromatic heterocycles. The van der Waals surface area contributed by atoms with E-state index in [2.05, 4.69) is 10.3 Å². The van der Waals surface area contributed by atoms with Gasteiger partial charge in [0.05, 0.1) is 11.0 Å². The van der Waals surface area contributed by atoms with E-state index in [9.17, 15) is 22.8 Å². The lowest BCUT2D eigenvalue weighted by molar-refractivity contribution is -0.137. The van der Waals surface area contributed by atoms with Crippen LogP contribution in [0.15, 0.2) is 48.7 Å². The maximum atomic E-state index is 13.1. The fraction of sp³-hybridized carbons (Fsp3) is 0.286. The van der Waals surface area contributed by atoms with Crippen LogP contribution in [0.5, 0.6) is 0 Å². The van der Waals surface area contributed by atoms with Gasteiger partial charge in [0.25, 0.3) is 0 Å². The number of carbonyl (C=O) groups excluding carboxylic acids is 2. The quantitative estimate of drug-likeness (QED) is 0.782. The van der Waals surface area contributed by atoms with Gasteiger partial charge < -0.3 is 10.2 Å². The van der Waals surface area contributed by atoms with E-state index in [1.807, 2.05) is 6.07 Å². The van der Waals surface area contributed by atoms with Crippen molar-refractivity contribution in [2.24, 2.45) is 0 Å². The van der Waals surface area contributed by atoms with Crippen molar-refractivity contribution in [3.63, 3.8) is 0 Å². The Balaban J connectivity index is 1.47. The average molecular weight is 401 g/mol. The largest absolute Gasteiger partial charge is 0.416 e. The smallest absolute Gasteiger partial charge is 0.339 e. The SMILES string of the molecule is O=C(/C=C/c1ccccc1C(F)(F)F)N1CCC2(CC1)C(=O)Nc1ncccc12. The molecule has 4 rings (SSSR count). The molecule has 2 aliphatic rings. The van der Waals surface area contributed by atoms with Crippen molar-refractivity contribution in [3.8, 4) is 0 Å². The first-order valence-electron chi connectivity index (χ1n) is 9.21. The van der Waals surface area contributed by atoms with E-state index in [1.165, 1.54) is 24.3 Å². The topological polar surface area (TPSA) is 62.3 Å². The highest BCUT2D eigenvalue weighted by Crippen LogP contribution is 2.43. The first-order valence-corrected chi connectivity index (χ1v) is 9.21. The number of benzene rings is 1. The molecular weight excluding hydrogens is 383 g/mol. The van der Waals surface area contributed by atoms with Crippen molar-refractivity contribution in [1.29, 1.82) is 0 Å². The Bertz CT molecular complexity index is 993. The maximum absolute atomic E-state index is 13.1. The van der Waals surface area contributed by atoms with E-state index in [1.54, 1.807) is 17.2 Å². The third-order valence-electron chi connectivity index (χ3n) is 5.59. The van der Waals surface area contributed by atoms with E-state index >= 15 is 0 Å². The standard InChI is InChI=1S/C21H18F3N3O2/c22-21(23,24)15-5-2-1-4-14(15)7-8-17(28)27-12-9-20(10-13-27)16-6-3-11-25-18(16)26-19(20)29/h1-8,11H,9-10,12-13H2,(H,25,26,29)/b8-7+. The molecule has 2 aliphatic heterocycles. The monoisotopic (exact) mass is 401 g/mol. The molecule has 2 aromatic rings. The molecule has 3 heterocycles. The van der Waals surface area contributed by atoms with Gasteiger partial charge in [-0.25, -0.2) is 4.98 Å². The number of amides is 2. The van der Waals surface area contributed by atoms with Gasteiger partial charge in [0, 0.05) is 30.9 Å². The van der Waals surface area contributed by atoms with Gasteiger partial charge in [-0.2, -0.15) is 13.2 Å². The molecule has 8 heteroatoms. The molecule has 0 unspecified atom stereocenters. The highest BCUT2D eigenvalue weighted by Gasteiger charge is 2.49. The molecule has 1 fully saturated rings. The lowest BCUT2D eigenvalue weighted by Gasteiger charge is -2.37. The first-order chi connectivity index (χ1) is 13.8. The molecule has 0 atom stereocenters. The van der Waals surface area contributed by atoms with Gasteiger partial charge in [0.2, 0.25) is 11.8 Å². The average Bonchev–Trinajstić information content (AvgIpc) is 2.98. The number of fused-ring (bicyclic) bond motifs is 2. The van der Waals surface area contributed by atoms with Crippen molar-refractivity contribution in [3.05, 3.63) is 65.4 Å². The summed E-state index contributed by atoms with van der Waals surface area (Å²) in [4.78, 5) is 30.8. The second-order valence-corrected chi connectivity index (χ2v) is 7.18. The molecule has 1 spiro atoms. The van der Waals surface area contributed by atoms with Crippen LogP contribution in [0.1, 0.15) is 29.5 Å². The van der Waals surface area contributed by atoms with Gasteiger partial charge in [-0.1, -0.05) is 24.3 Å². The molecule has 0 saturated carbocycles. The number of rotatable bonds is 2. The van der Waals surface area contributed by atoms with Gasteiger partial charge in [0.1, 0.15) is 5.82 Å². The maximum Gasteiger partial charge on any atom is 0.416 e. The van der Waals surface area contributed by atoms with E-state index in [0.29, 0.717) is 31.7 Å². The lowest BCUT2D eigenvalue weighted by Crippen LogP contribution is -2.47. The van der Waals surface area contributed by atoms with Crippen molar-refractivity contribution >= 4 is 23.7 Å². The number of hydrogen-bond donors (Lipinski definition) is 1. The number of likely N-dealkylation sites (tertiary alicyclic amines) is 1. The van der Waals surface area contributed by atoms with Crippen molar-refractivity contribution in [1.82, 2.24) is 9.88 Å². The number of hydrogen-bond acceptors (Lipinski definition) is 3. The zero-order chi connectivity index (χ0) is 20.6. The van der Waals surface area contributed by atoms with Gasteiger partial charge >= 0.3 is 6.18 Å². The Kier molecular flexibility index (Phi) is 4.64. The summed E-state index contributed by atoms with van der Waals surface area (Å²) in [6.07, 6.45) is 0.357. The van der Waals surface area contributed by atoms with Gasteiger partial charge in [-0.05, 0) is 36.6 Å². The van der Waals surface area contributed by atoms with Crippen LogP contribution >= 0.6 is 0 Å². The molecule has 0 bridgehead atoms. The normalized spacial score (nSPS) is 18.2. The zero-order valence-corrected chi connectivity index (χ0v) is 15.4. The number of alkyl halides is 3. The molecule has 1 aromatic carbocycles. The summed E-state index contributed by atoms with van der Waals surface area (Å²) in [5.41, 5.74) is -0.704. The summed E-state index contributed by atoms with van der Waals surface area (Å²) in [6.45, 7) is 0.678. The van der Waals surface area contributed by atoms with Crippen LogP contribution in [0, 0.1) is 0 Å². The molecule has 0 aliphatic carbocycles. The van der Waals surface area contributed by atoms with Crippen LogP contribution in [0.3, 0.4) is 0 Å². The van der Waals surface area contributed by atoms with Crippen molar-refractivity contribution < 1.29 is 22.8 Å². The van der Waals surface area contributed by atoms with Gasteiger partial charge in [-0.15, -0.1) is 0 Å². The summed E-state index contributed by atoms with van der Waals surface area (Å²) in [5.74, 6) is 0.0653. The lowest BCUT2D eigenvalue weighted by atomic mass is 9.74. The first kappa shape index (κ1) is 19.2. The zero-order valence-electron chi connectivity index (χ0n) is 15.4. The highest BCUT2D eigenvalue weighted by molar-refractivity contribution is 6.05. The van der Waals surface area contributed by atoms with E-state index < -0.39 is 17.2 Å². The fourth-order valence-electron chi connectivity index (χ4n) is 4.01. The summed E-state index contributed by atoms with van der Waals surface area (Å²) in [5, 5.41) is 2.79. The number of aromatic nitrogens is 1. The van der Waals surface area contributed by atoms with Crippen LogP contribution in [-0.2, 0) is 21.2 Å². The van der Waals surface area contributed by atoms with E-state index in [4.69, 9.17) is 0 Å². The van der Waals surface area contributed by atoms with Gasteiger partial charge in [-0.3, -0.25) is 9.59 Å². The van der Waals surface area contributed by atoms with Crippen LogP contribution in [-0.4, -0.2) is 34.8 Å². The third kappa shape index (κ3) is 3.39. The minimum Gasteiger partial charge on any atom is -0.339 e. The van der Waals surface area contributed by atoms with Crippen LogP contribution < -0.4 is 5.32 Å². The third-order valence-corrected chi connectivity index (χ3v) is 5.59. The molecule has 1 saturated heterocycles. The number of halogens is 3. The summed E-state index contributed by atoms with van der Waals surface area (Å²) >= 11 is 0. The fourth-order valence-corrected chi connectivity index (χ4v) is 4.01. The number of anilines is 1. The predicted molar refractivity (Wildman–Crippen MR) is 101 cm³/mol. The molecule has 2 amide bonds. The number of piperidine rings is 1. The van der Waals surface area contributed by atoms with Crippen LogP contribution in [0.4, 0.5) is 19.0 Å². The molecule has 0 radical (unpaired) electrons. The van der Waals surface area contributed by atoms with Crippen LogP contribution in [0.25, 0.3) is 6.08 Å². The number of nitrogens with zero attached hydrogens (tertiary/aromatic N) is 2. The Morgan fingerprint density at radius 3 is 2.59 bits per heavy atom. The number of nitrogens with one attached hydrogen (secondary N) is 1. The molecule has 150 valence electrons. The molecule has 5 nitrogen and oxygen atoms in total. The Morgan fingerprint density at radius 1 is 1.14 bits per heavy atom. The van der Waals surface area contributed by atoms with Crippen molar-refractivity contribution in [2.45, 2.75) is 24.4 Å².